The molecular weight excluding hydrogens is 318 g/mol. The predicted molar refractivity (Wildman–Crippen MR) is 83.8 cm³/mol. The van der Waals surface area contributed by atoms with Crippen LogP contribution in [0.2, 0.25) is 0 Å². The van der Waals surface area contributed by atoms with Crippen LogP contribution >= 0.6 is 0 Å². The standard InChI is InChI=1S/C15H23N3O4S/c1-23(20,21)13-9-16-17-14(13)12-3-2-6-18(10-12)15(19)11-4-7-22-8-5-11/h9,11-12H,2-8,10H2,1H3,(H,16,17). The van der Waals surface area contributed by atoms with Gasteiger partial charge in [0.1, 0.15) is 4.90 Å². The number of hydrogen-bond donors (Lipinski definition) is 1. The van der Waals surface area contributed by atoms with Crippen molar-refractivity contribution in [2.45, 2.75) is 36.5 Å². The average molecular weight is 341 g/mol. The third kappa shape index (κ3) is 3.58. The van der Waals surface area contributed by atoms with Gasteiger partial charge in [0.25, 0.3) is 0 Å². The Labute approximate surface area is 136 Å². The molecule has 2 fully saturated rings. The number of likely N-dealkylation sites (tertiary alicyclic amines) is 1. The maximum atomic E-state index is 12.7. The number of nitrogens with zero attached hydrogens (tertiary/aromatic N) is 2. The number of aromatic nitrogens is 2. The lowest BCUT2D eigenvalue weighted by Gasteiger charge is -2.35. The maximum absolute atomic E-state index is 12.7. The van der Waals surface area contributed by atoms with Crippen LogP contribution in [0.25, 0.3) is 0 Å². The summed E-state index contributed by atoms with van der Waals surface area (Å²) in [5.41, 5.74) is 0.636. The molecule has 0 radical (unpaired) electrons. The molecule has 8 heteroatoms. The summed E-state index contributed by atoms with van der Waals surface area (Å²) in [7, 11) is -3.31. The lowest BCUT2D eigenvalue weighted by Crippen LogP contribution is -2.43. The number of amides is 1. The van der Waals surface area contributed by atoms with E-state index in [9.17, 15) is 13.2 Å². The van der Waals surface area contributed by atoms with Crippen molar-refractivity contribution in [1.29, 1.82) is 0 Å². The fourth-order valence-electron chi connectivity index (χ4n) is 3.49. The molecule has 0 spiro atoms. The summed E-state index contributed by atoms with van der Waals surface area (Å²) in [5, 5.41) is 6.73. The van der Waals surface area contributed by atoms with E-state index in [1.165, 1.54) is 12.5 Å². The highest BCUT2D eigenvalue weighted by atomic mass is 32.2. The van der Waals surface area contributed by atoms with Crippen molar-refractivity contribution < 1.29 is 17.9 Å². The average Bonchev–Trinajstić information content (AvgIpc) is 3.05. The molecule has 3 rings (SSSR count). The molecule has 1 N–H and O–H groups in total. The van der Waals surface area contributed by atoms with Gasteiger partial charge in [-0.05, 0) is 25.7 Å². The lowest BCUT2D eigenvalue weighted by atomic mass is 9.92. The first-order valence-electron chi connectivity index (χ1n) is 8.06. The minimum absolute atomic E-state index is 0.000217. The van der Waals surface area contributed by atoms with Gasteiger partial charge in [-0.3, -0.25) is 9.89 Å². The molecule has 7 nitrogen and oxygen atoms in total. The van der Waals surface area contributed by atoms with E-state index in [4.69, 9.17) is 4.74 Å². The van der Waals surface area contributed by atoms with Gasteiger partial charge in [0, 0.05) is 44.4 Å². The number of hydrogen-bond acceptors (Lipinski definition) is 5. The van der Waals surface area contributed by atoms with Gasteiger partial charge in [0.2, 0.25) is 5.91 Å². The molecule has 1 unspecified atom stereocenters. The second kappa shape index (κ2) is 6.60. The van der Waals surface area contributed by atoms with Gasteiger partial charge in [-0.1, -0.05) is 0 Å². The highest BCUT2D eigenvalue weighted by molar-refractivity contribution is 7.90. The molecule has 1 amide bonds. The van der Waals surface area contributed by atoms with Gasteiger partial charge in [-0.25, -0.2) is 8.42 Å². The Hall–Kier alpha value is -1.41. The van der Waals surface area contributed by atoms with Gasteiger partial charge < -0.3 is 9.64 Å². The Kier molecular flexibility index (Phi) is 4.72. The van der Waals surface area contributed by atoms with E-state index in [2.05, 4.69) is 10.2 Å². The Morgan fingerprint density at radius 3 is 2.78 bits per heavy atom. The summed E-state index contributed by atoms with van der Waals surface area (Å²) >= 11 is 0. The number of nitrogens with one attached hydrogen (secondary N) is 1. The van der Waals surface area contributed by atoms with Gasteiger partial charge in [0.05, 0.1) is 11.9 Å². The van der Waals surface area contributed by atoms with Crippen LogP contribution in [-0.4, -0.2) is 62.0 Å². The molecule has 0 aliphatic carbocycles. The monoisotopic (exact) mass is 341 g/mol. The van der Waals surface area contributed by atoms with Gasteiger partial charge in [0.15, 0.2) is 9.84 Å². The fraction of sp³-hybridized carbons (Fsp3) is 0.733. The lowest BCUT2D eigenvalue weighted by molar-refractivity contribution is -0.139. The zero-order valence-electron chi connectivity index (χ0n) is 13.3. The smallest absolute Gasteiger partial charge is 0.225 e. The minimum Gasteiger partial charge on any atom is -0.381 e. The number of carbonyl (C=O) groups excluding carboxylic acids is 1. The van der Waals surface area contributed by atoms with Crippen LogP contribution in [0, 0.1) is 5.92 Å². The molecule has 1 aromatic rings. The van der Waals surface area contributed by atoms with Crippen LogP contribution in [0.15, 0.2) is 11.1 Å². The van der Waals surface area contributed by atoms with Gasteiger partial charge in [-0.2, -0.15) is 5.10 Å². The molecule has 2 aliphatic rings. The zero-order chi connectivity index (χ0) is 16.4. The Morgan fingerprint density at radius 2 is 2.09 bits per heavy atom. The van der Waals surface area contributed by atoms with Crippen molar-refractivity contribution in [2.75, 3.05) is 32.6 Å². The Balaban J connectivity index is 1.74. The number of sulfone groups is 1. The molecule has 0 aromatic carbocycles. The van der Waals surface area contributed by atoms with Gasteiger partial charge in [-0.15, -0.1) is 0 Å². The van der Waals surface area contributed by atoms with E-state index in [-0.39, 0.29) is 22.6 Å². The minimum atomic E-state index is -3.31. The molecule has 0 saturated carbocycles. The van der Waals surface area contributed by atoms with Crippen LogP contribution in [-0.2, 0) is 19.4 Å². The quantitative estimate of drug-likeness (QED) is 0.883. The van der Waals surface area contributed by atoms with Crippen molar-refractivity contribution in [1.82, 2.24) is 15.1 Å². The normalized spacial score (nSPS) is 23.9. The predicted octanol–water partition coefficient (Wildman–Crippen LogP) is 0.946. The van der Waals surface area contributed by atoms with E-state index in [0.717, 1.165) is 32.2 Å². The van der Waals surface area contributed by atoms with Crippen molar-refractivity contribution in [3.8, 4) is 0 Å². The van der Waals surface area contributed by atoms with Crippen molar-refractivity contribution in [3.63, 3.8) is 0 Å². The third-order valence-corrected chi connectivity index (χ3v) is 5.87. The molecule has 2 aliphatic heterocycles. The molecule has 128 valence electrons. The topological polar surface area (TPSA) is 92.4 Å². The zero-order valence-corrected chi connectivity index (χ0v) is 14.1. The highest BCUT2D eigenvalue weighted by Crippen LogP contribution is 2.31. The third-order valence-electron chi connectivity index (χ3n) is 4.74. The molecule has 1 atom stereocenters. The number of ether oxygens (including phenoxy) is 1. The summed E-state index contributed by atoms with van der Waals surface area (Å²) in [6.45, 7) is 2.59. The van der Waals surface area contributed by atoms with Crippen LogP contribution in [0.4, 0.5) is 0 Å². The summed E-state index contributed by atoms with van der Waals surface area (Å²) in [5.74, 6) is 0.219. The fourth-order valence-corrected chi connectivity index (χ4v) is 4.34. The number of carbonyl (C=O) groups is 1. The molecular formula is C15H23N3O4S. The van der Waals surface area contributed by atoms with Crippen molar-refractivity contribution in [2.24, 2.45) is 5.92 Å². The van der Waals surface area contributed by atoms with Crippen LogP contribution in [0.3, 0.4) is 0 Å². The highest BCUT2D eigenvalue weighted by Gasteiger charge is 2.32. The van der Waals surface area contributed by atoms with Crippen molar-refractivity contribution in [3.05, 3.63) is 11.9 Å². The second-order valence-electron chi connectivity index (χ2n) is 6.43. The summed E-state index contributed by atoms with van der Waals surface area (Å²) in [6, 6.07) is 0. The van der Waals surface area contributed by atoms with Gasteiger partial charge >= 0.3 is 0 Å². The number of H-pyrrole nitrogens is 1. The second-order valence-corrected chi connectivity index (χ2v) is 8.41. The van der Waals surface area contributed by atoms with Crippen LogP contribution in [0.5, 0.6) is 0 Å². The molecule has 2 saturated heterocycles. The summed E-state index contributed by atoms with van der Waals surface area (Å²) < 4.78 is 29.1. The Morgan fingerprint density at radius 1 is 1.35 bits per heavy atom. The first-order chi connectivity index (χ1) is 11.0. The SMILES string of the molecule is CS(=O)(=O)c1cn[nH]c1C1CCCN(C(=O)C2CCOCC2)C1. The molecule has 23 heavy (non-hydrogen) atoms. The number of rotatable bonds is 3. The largest absolute Gasteiger partial charge is 0.381 e. The maximum Gasteiger partial charge on any atom is 0.225 e. The van der Waals surface area contributed by atoms with E-state index in [1.54, 1.807) is 0 Å². The van der Waals surface area contributed by atoms with E-state index >= 15 is 0 Å². The number of piperidine rings is 1. The molecule has 0 bridgehead atoms. The summed E-state index contributed by atoms with van der Waals surface area (Å²) in [4.78, 5) is 14.8. The first-order valence-corrected chi connectivity index (χ1v) is 9.96. The Bertz CT molecular complexity index is 664. The summed E-state index contributed by atoms with van der Waals surface area (Å²) in [6.07, 6.45) is 5.85. The first kappa shape index (κ1) is 16.4. The van der Waals surface area contributed by atoms with Crippen molar-refractivity contribution >= 4 is 15.7 Å². The molecule has 3 heterocycles. The van der Waals surface area contributed by atoms with Crippen LogP contribution in [0.1, 0.15) is 37.3 Å². The van der Waals surface area contributed by atoms with E-state index in [1.807, 2.05) is 4.90 Å². The number of aromatic amines is 1. The van der Waals surface area contributed by atoms with E-state index in [0.29, 0.717) is 25.5 Å². The molecule has 1 aromatic heterocycles. The van der Waals surface area contributed by atoms with E-state index < -0.39 is 9.84 Å². The van der Waals surface area contributed by atoms with Crippen LogP contribution < -0.4 is 0 Å².